The lowest BCUT2D eigenvalue weighted by molar-refractivity contribution is 1.50. The topological polar surface area (TPSA) is 49.8 Å². The van der Waals surface area contributed by atoms with E-state index in [-0.39, 0.29) is 4.99 Å². The van der Waals surface area contributed by atoms with Crippen molar-refractivity contribution in [3.8, 4) is 6.07 Å². The quantitative estimate of drug-likeness (QED) is 0.320. The summed E-state index contributed by atoms with van der Waals surface area (Å²) in [7, 11) is 0. The molecule has 8 heavy (non-hydrogen) atoms. The molecule has 3 heteroatoms. The highest BCUT2D eigenvalue weighted by Crippen LogP contribution is 1.89. The Hall–Kier alpha value is -0.880. The molecule has 0 unspecified atom stereocenters. The second-order valence-corrected chi connectivity index (χ2v) is 1.62. The summed E-state index contributed by atoms with van der Waals surface area (Å²) in [6, 6.07) is 1.85. The van der Waals surface area contributed by atoms with Crippen LogP contribution in [0, 0.1) is 11.3 Å². The van der Waals surface area contributed by atoms with Gasteiger partial charge in [0.25, 0.3) is 0 Å². The van der Waals surface area contributed by atoms with Crippen molar-refractivity contribution < 1.29 is 0 Å². The monoisotopic (exact) mass is 126 g/mol. The molecule has 2 nitrogen and oxygen atoms in total. The fourth-order valence-electron chi connectivity index (χ4n) is 0.262. The zero-order valence-corrected chi connectivity index (χ0v) is 5.33. The van der Waals surface area contributed by atoms with E-state index in [0.717, 1.165) is 0 Å². The molecule has 0 saturated heterocycles. The second kappa shape index (κ2) is 3.16. The summed E-state index contributed by atoms with van der Waals surface area (Å²) in [6.45, 7) is 1.72. The van der Waals surface area contributed by atoms with E-state index in [9.17, 15) is 0 Å². The van der Waals surface area contributed by atoms with Gasteiger partial charge in [0.2, 0.25) is 0 Å². The number of hydrogen-bond acceptors (Lipinski definition) is 2. The normalized spacial score (nSPS) is 10.2. The number of nitrogens with zero attached hydrogens (tertiary/aromatic N) is 1. The lowest BCUT2D eigenvalue weighted by Crippen LogP contribution is -2.09. The number of nitrogens with two attached hydrogens (primary N) is 1. The van der Waals surface area contributed by atoms with E-state index in [4.69, 9.17) is 11.0 Å². The average Bonchev–Trinajstić information content (AvgIpc) is 1.69. The number of thiocarbonyl (C=S) groups is 1. The van der Waals surface area contributed by atoms with Crippen molar-refractivity contribution in [2.75, 3.05) is 0 Å². The van der Waals surface area contributed by atoms with Gasteiger partial charge in [0.15, 0.2) is 0 Å². The molecule has 0 saturated carbocycles. The first-order chi connectivity index (χ1) is 3.72. The van der Waals surface area contributed by atoms with Crippen molar-refractivity contribution in [2.45, 2.75) is 6.92 Å². The van der Waals surface area contributed by atoms with Gasteiger partial charge in [-0.25, -0.2) is 0 Å². The molecule has 0 rings (SSSR count). The minimum atomic E-state index is 0.162. The van der Waals surface area contributed by atoms with Crippen molar-refractivity contribution in [3.63, 3.8) is 0 Å². The maximum Gasteiger partial charge on any atom is 0.114 e. The number of allylic oxidation sites excluding steroid dienone is 1. The molecule has 42 valence electrons. The van der Waals surface area contributed by atoms with Crippen LogP contribution in [-0.2, 0) is 0 Å². The van der Waals surface area contributed by atoms with Crippen LogP contribution in [0.3, 0.4) is 0 Å². The third kappa shape index (κ3) is 1.71. The Morgan fingerprint density at radius 3 is 2.38 bits per heavy atom. The highest BCUT2D eigenvalue weighted by Gasteiger charge is 1.92. The van der Waals surface area contributed by atoms with Crippen molar-refractivity contribution >= 4 is 17.2 Å². The molecule has 0 aromatic heterocycles. The third-order valence-corrected chi connectivity index (χ3v) is 0.894. The molecule has 0 aliphatic heterocycles. The van der Waals surface area contributed by atoms with Gasteiger partial charge in [-0.3, -0.25) is 0 Å². The largest absolute Gasteiger partial charge is 0.389 e. The van der Waals surface area contributed by atoms with E-state index >= 15 is 0 Å². The van der Waals surface area contributed by atoms with Crippen LogP contribution in [0.15, 0.2) is 11.6 Å². The third-order valence-electron chi connectivity index (χ3n) is 0.675. The molecule has 0 aliphatic rings. The van der Waals surface area contributed by atoms with E-state index in [2.05, 4.69) is 12.2 Å². The molecular formula is C5H6N2S. The lowest BCUT2D eigenvalue weighted by atomic mass is 10.3. The van der Waals surface area contributed by atoms with E-state index in [1.54, 1.807) is 13.0 Å². The van der Waals surface area contributed by atoms with Gasteiger partial charge >= 0.3 is 0 Å². The average molecular weight is 126 g/mol. The van der Waals surface area contributed by atoms with Crippen LogP contribution in [0.2, 0.25) is 0 Å². The molecule has 2 N–H and O–H groups in total. The molecule has 0 amide bonds. The van der Waals surface area contributed by atoms with E-state index in [1.165, 1.54) is 0 Å². The highest BCUT2D eigenvalue weighted by molar-refractivity contribution is 7.80. The standard InChI is InChI=1S/C5H6N2S/c1-2-4(3-6)5(7)8/h2H,1H3,(H2,7,8). The zero-order chi connectivity index (χ0) is 6.57. The summed E-state index contributed by atoms with van der Waals surface area (Å²) in [4.78, 5) is 0.162. The molecule has 0 spiro atoms. The summed E-state index contributed by atoms with van der Waals surface area (Å²) in [6.07, 6.45) is 1.59. The Kier molecular flexibility index (Phi) is 2.82. The summed E-state index contributed by atoms with van der Waals surface area (Å²) < 4.78 is 0. The Morgan fingerprint density at radius 1 is 1.88 bits per heavy atom. The van der Waals surface area contributed by atoms with Crippen molar-refractivity contribution in [1.82, 2.24) is 0 Å². The van der Waals surface area contributed by atoms with Crippen LogP contribution in [0.4, 0.5) is 0 Å². The number of rotatable bonds is 1. The van der Waals surface area contributed by atoms with Gasteiger partial charge in [0.1, 0.15) is 11.1 Å². The molecular weight excluding hydrogens is 120 g/mol. The predicted molar refractivity (Wildman–Crippen MR) is 36.2 cm³/mol. The Labute approximate surface area is 53.6 Å². The van der Waals surface area contributed by atoms with Crippen LogP contribution in [0.25, 0.3) is 0 Å². The summed E-state index contributed by atoms with van der Waals surface area (Å²) in [5, 5.41) is 8.21. The summed E-state index contributed by atoms with van der Waals surface area (Å²) in [5.74, 6) is 0. The van der Waals surface area contributed by atoms with Crippen LogP contribution < -0.4 is 5.73 Å². The van der Waals surface area contributed by atoms with Crippen LogP contribution in [-0.4, -0.2) is 4.99 Å². The van der Waals surface area contributed by atoms with Gasteiger partial charge < -0.3 is 5.73 Å². The van der Waals surface area contributed by atoms with E-state index in [1.807, 2.05) is 6.07 Å². The lowest BCUT2D eigenvalue weighted by Gasteiger charge is -1.86. The van der Waals surface area contributed by atoms with E-state index in [0.29, 0.717) is 5.57 Å². The van der Waals surface area contributed by atoms with Crippen LogP contribution in [0.1, 0.15) is 6.92 Å². The first-order valence-corrected chi connectivity index (χ1v) is 2.49. The van der Waals surface area contributed by atoms with Crippen molar-refractivity contribution in [3.05, 3.63) is 11.6 Å². The molecule has 0 atom stereocenters. The maximum atomic E-state index is 8.21. The Bertz CT molecular complexity index is 164. The summed E-state index contributed by atoms with van der Waals surface area (Å²) in [5.41, 5.74) is 5.47. The smallest absolute Gasteiger partial charge is 0.114 e. The van der Waals surface area contributed by atoms with Gasteiger partial charge in [0.05, 0.1) is 5.57 Å². The SMILES string of the molecule is CC=C(C#N)C(N)=S. The Balaban J connectivity index is 4.20. The molecule has 0 heterocycles. The van der Waals surface area contributed by atoms with Crippen LogP contribution >= 0.6 is 12.2 Å². The molecule has 0 bridgehead atoms. The zero-order valence-electron chi connectivity index (χ0n) is 4.51. The minimum absolute atomic E-state index is 0.162. The predicted octanol–water partition coefficient (Wildman–Crippen LogP) is 0.742. The van der Waals surface area contributed by atoms with E-state index < -0.39 is 0 Å². The number of nitriles is 1. The van der Waals surface area contributed by atoms with Gasteiger partial charge in [-0.15, -0.1) is 0 Å². The maximum absolute atomic E-state index is 8.21. The fourth-order valence-corrected chi connectivity index (χ4v) is 0.425. The van der Waals surface area contributed by atoms with Crippen LogP contribution in [0.5, 0.6) is 0 Å². The molecule has 0 aromatic rings. The molecule has 0 radical (unpaired) electrons. The highest BCUT2D eigenvalue weighted by atomic mass is 32.1. The molecule has 0 fully saturated rings. The fraction of sp³-hybridized carbons (Fsp3) is 0.200. The molecule has 0 aromatic carbocycles. The van der Waals surface area contributed by atoms with Crippen molar-refractivity contribution in [2.24, 2.45) is 5.73 Å². The molecule has 0 aliphatic carbocycles. The van der Waals surface area contributed by atoms with Crippen molar-refractivity contribution in [1.29, 1.82) is 5.26 Å². The Morgan fingerprint density at radius 2 is 2.38 bits per heavy atom. The van der Waals surface area contributed by atoms with Gasteiger partial charge in [-0.05, 0) is 6.92 Å². The van der Waals surface area contributed by atoms with Gasteiger partial charge in [0, 0.05) is 0 Å². The minimum Gasteiger partial charge on any atom is -0.389 e. The van der Waals surface area contributed by atoms with Gasteiger partial charge in [-0.1, -0.05) is 18.3 Å². The first-order valence-electron chi connectivity index (χ1n) is 2.08. The summed E-state index contributed by atoms with van der Waals surface area (Å²) >= 11 is 4.50. The van der Waals surface area contributed by atoms with Gasteiger partial charge in [-0.2, -0.15) is 5.26 Å². The first kappa shape index (κ1) is 7.12. The second-order valence-electron chi connectivity index (χ2n) is 1.18. The number of hydrogen-bond donors (Lipinski definition) is 1.